The molecule has 0 saturated heterocycles. The number of Topliss-reactive ketones (excluding diaryl/α,β-unsaturated/α-hetero) is 2. The van der Waals surface area contributed by atoms with Gasteiger partial charge in [0.1, 0.15) is 0 Å². The van der Waals surface area contributed by atoms with Crippen LogP contribution in [0.25, 0.3) is 16.9 Å². The van der Waals surface area contributed by atoms with Crippen molar-refractivity contribution in [1.82, 2.24) is 0 Å². The van der Waals surface area contributed by atoms with Crippen LogP contribution in [-0.2, 0) is 16.5 Å². The number of hydrogen-bond donors (Lipinski definition) is 0. The van der Waals surface area contributed by atoms with Crippen molar-refractivity contribution >= 4 is 23.0 Å². The average Bonchev–Trinajstić information content (AvgIpc) is 3.54. The molecule has 0 fully saturated rings. The molecule has 0 bridgehead atoms. The van der Waals surface area contributed by atoms with Gasteiger partial charge in [0.15, 0.2) is 11.6 Å². The van der Waals surface area contributed by atoms with Crippen molar-refractivity contribution in [3.63, 3.8) is 0 Å². The third-order valence-electron chi connectivity index (χ3n) is 10.4. The van der Waals surface area contributed by atoms with Gasteiger partial charge in [-0.25, -0.2) is 4.70 Å². The zero-order valence-electron chi connectivity index (χ0n) is 37.2. The molecule has 1 heterocycles. The summed E-state index contributed by atoms with van der Waals surface area (Å²) in [5, 5.41) is 0. The fraction of sp³-hybridized carbons (Fsp3) is 0.615. The number of carbonyl (C=O) groups excluding carboxylic acids is 2. The van der Waals surface area contributed by atoms with Crippen molar-refractivity contribution < 1.29 is 30.8 Å². The van der Waals surface area contributed by atoms with Crippen LogP contribution in [0.5, 0.6) is 0 Å². The number of benzene rings is 2. The number of nitrogens with zero attached hydrogens (tertiary/aromatic N) is 2. The molecule has 322 valence electrons. The summed E-state index contributed by atoms with van der Waals surface area (Å²) in [6.07, 6.45) is 33.1. The van der Waals surface area contributed by atoms with Crippen molar-refractivity contribution in [1.29, 1.82) is 0 Å². The number of unbranched alkanes of at least 4 members (excludes halogenated alkanes) is 19. The standard InChI is InChI=1S/C46H68N2O2.2C3H7.Ni/c1-4-7-10-13-15-17-19-21-24-27-44(49)39-31-29-38(30-32-39)43-37-42(26-23-12-9-6-3)46(48(43)47)41-35-33-40(34-36-41)45(50)28-25-22-20-18-16-14-11-8-5-2;2*1-3-2;/h29-37H,4-28H2,1-3H3;2*1,3H2,2H3;/q;2*-1;+2. The zero-order chi connectivity index (χ0) is 41.2. The van der Waals surface area contributed by atoms with Gasteiger partial charge in [-0.15, -0.1) is 0 Å². The van der Waals surface area contributed by atoms with Gasteiger partial charge >= 0.3 is 16.5 Å². The minimum Gasteiger partial charge on any atom is -0.493 e. The quantitative estimate of drug-likeness (QED) is 0.0270. The third-order valence-corrected chi connectivity index (χ3v) is 10.4. The Bertz CT molecular complexity index is 1390. The molecule has 0 N–H and O–H groups in total. The predicted octanol–water partition coefficient (Wildman–Crippen LogP) is 17.1. The first-order valence-corrected chi connectivity index (χ1v) is 23.1. The second-order valence-corrected chi connectivity index (χ2v) is 15.7. The fourth-order valence-electron chi connectivity index (χ4n) is 7.12. The summed E-state index contributed by atoms with van der Waals surface area (Å²) >= 11 is 0. The van der Waals surface area contributed by atoms with E-state index in [1.54, 1.807) is 0 Å². The Kier molecular flexibility index (Phi) is 34.7. The van der Waals surface area contributed by atoms with Crippen LogP contribution >= 0.6 is 0 Å². The van der Waals surface area contributed by atoms with Crippen LogP contribution < -0.4 is 0 Å². The van der Waals surface area contributed by atoms with Gasteiger partial charge < -0.3 is 19.4 Å². The van der Waals surface area contributed by atoms with Crippen LogP contribution in [0.15, 0.2) is 60.2 Å². The van der Waals surface area contributed by atoms with Gasteiger partial charge in [-0.3, -0.25) is 9.59 Å². The fourth-order valence-corrected chi connectivity index (χ4v) is 7.12. The molecule has 1 aliphatic heterocycles. The number of ketones is 2. The summed E-state index contributed by atoms with van der Waals surface area (Å²) in [5.74, 6) is 0.399. The van der Waals surface area contributed by atoms with Gasteiger partial charge in [-0.1, -0.05) is 181 Å². The second-order valence-electron chi connectivity index (χ2n) is 15.7. The van der Waals surface area contributed by atoms with E-state index < -0.39 is 0 Å². The minimum absolute atomic E-state index is 0. The van der Waals surface area contributed by atoms with Crippen LogP contribution in [-0.4, -0.2) is 16.3 Å². The van der Waals surface area contributed by atoms with E-state index in [1.807, 2.05) is 62.4 Å². The van der Waals surface area contributed by atoms with E-state index >= 15 is 0 Å². The minimum atomic E-state index is 0. The van der Waals surface area contributed by atoms with Crippen molar-refractivity contribution in [2.75, 3.05) is 0 Å². The molecule has 0 atom stereocenters. The Labute approximate surface area is 362 Å². The van der Waals surface area contributed by atoms with Crippen LogP contribution in [0.4, 0.5) is 0 Å². The Morgan fingerprint density at radius 3 is 1.18 bits per heavy atom. The van der Waals surface area contributed by atoms with Crippen molar-refractivity contribution in [2.45, 2.75) is 208 Å². The third kappa shape index (κ3) is 23.5. The van der Waals surface area contributed by atoms with Gasteiger partial charge in [0.25, 0.3) is 0 Å². The molecule has 0 amide bonds. The summed E-state index contributed by atoms with van der Waals surface area (Å²) in [6.45, 7) is 17.7. The molecule has 4 nitrogen and oxygen atoms in total. The molecule has 0 saturated carbocycles. The van der Waals surface area contributed by atoms with Crippen LogP contribution in [0.1, 0.15) is 240 Å². The smallest absolute Gasteiger partial charge is 0.493 e. The second kappa shape index (κ2) is 36.4. The molecule has 57 heavy (non-hydrogen) atoms. The van der Waals surface area contributed by atoms with Gasteiger partial charge in [0.05, 0.1) is 0 Å². The van der Waals surface area contributed by atoms with E-state index in [2.05, 4.69) is 40.7 Å². The number of carbonyl (C=O) groups is 2. The molecule has 0 aromatic heterocycles. The first kappa shape index (κ1) is 54.4. The van der Waals surface area contributed by atoms with Gasteiger partial charge in [0.2, 0.25) is 11.4 Å². The molecular weight excluding hydrogens is 743 g/mol. The SMILES string of the molecule is CCCCCCCCCCCC(=O)c1ccc(C2=CC(CCCCCC)=C(c3ccc(C(=O)CCCCCCCCCCC)cc3)[N+]2=[N-])cc1.[CH2-]CC.[CH2-]CC.[Ni+2]. The van der Waals surface area contributed by atoms with Gasteiger partial charge in [-0.2, -0.15) is 12.8 Å². The molecule has 2 aromatic rings. The number of hydrogen-bond acceptors (Lipinski definition) is 2. The van der Waals surface area contributed by atoms with Gasteiger partial charge in [-0.05, 0) is 49.9 Å². The van der Waals surface area contributed by atoms with E-state index in [-0.39, 0.29) is 28.1 Å². The monoisotopic (exact) mass is 825 g/mol. The average molecular weight is 826 g/mol. The van der Waals surface area contributed by atoms with E-state index in [1.165, 1.54) is 107 Å². The largest absolute Gasteiger partial charge is 2.00 e. The summed E-state index contributed by atoms with van der Waals surface area (Å²) < 4.78 is 1.31. The summed E-state index contributed by atoms with van der Waals surface area (Å²) in [6, 6.07) is 15.6. The Morgan fingerprint density at radius 1 is 0.491 bits per heavy atom. The van der Waals surface area contributed by atoms with Crippen molar-refractivity contribution in [2.24, 2.45) is 0 Å². The molecule has 0 spiro atoms. The molecule has 3 rings (SSSR count). The van der Waals surface area contributed by atoms with Crippen LogP contribution in [0.3, 0.4) is 0 Å². The molecule has 1 aliphatic rings. The predicted molar refractivity (Wildman–Crippen MR) is 244 cm³/mol. The topological polar surface area (TPSA) is 59.5 Å². The van der Waals surface area contributed by atoms with Crippen LogP contribution in [0, 0.1) is 13.8 Å². The first-order chi connectivity index (χ1) is 27.3. The zero-order valence-corrected chi connectivity index (χ0v) is 38.2. The van der Waals surface area contributed by atoms with Gasteiger partial charge in [0, 0.05) is 46.7 Å². The maximum atomic E-state index is 13.0. The normalized spacial score (nSPS) is 12.0. The van der Waals surface area contributed by atoms with Crippen molar-refractivity contribution in [3.8, 4) is 0 Å². The van der Waals surface area contributed by atoms with E-state index in [0.29, 0.717) is 12.8 Å². The first-order valence-electron chi connectivity index (χ1n) is 23.1. The van der Waals surface area contributed by atoms with E-state index in [0.717, 1.165) is 97.0 Å². The summed E-state index contributed by atoms with van der Waals surface area (Å²) in [5.41, 5.74) is 17.5. The van der Waals surface area contributed by atoms with Crippen molar-refractivity contribution in [3.05, 3.63) is 102 Å². The Morgan fingerprint density at radius 2 is 0.807 bits per heavy atom. The maximum Gasteiger partial charge on any atom is 2.00 e. The molecule has 0 radical (unpaired) electrons. The molecular formula is C52H82N2NiO2. The molecule has 0 aliphatic carbocycles. The summed E-state index contributed by atoms with van der Waals surface area (Å²) in [7, 11) is 0. The van der Waals surface area contributed by atoms with Crippen LogP contribution in [0.2, 0.25) is 0 Å². The Balaban J connectivity index is 0.00000420. The Hall–Kier alpha value is -2.65. The number of allylic oxidation sites excluding steroid dienone is 2. The summed E-state index contributed by atoms with van der Waals surface area (Å²) in [4.78, 5) is 25.9. The number of rotatable bonds is 29. The van der Waals surface area contributed by atoms with E-state index in [9.17, 15) is 15.1 Å². The maximum absolute atomic E-state index is 13.0. The molecule has 0 unspecified atom stereocenters. The molecule has 2 aromatic carbocycles. The molecule has 5 heteroatoms. The van der Waals surface area contributed by atoms with E-state index in [4.69, 9.17) is 0 Å².